The molecule has 0 spiro atoms. The Labute approximate surface area is 125 Å². The van der Waals surface area contributed by atoms with Crippen LogP contribution in [0.25, 0.3) is 0 Å². The highest BCUT2D eigenvalue weighted by Gasteiger charge is 2.27. The van der Waals surface area contributed by atoms with E-state index in [-0.39, 0.29) is 23.1 Å². The SMILES string of the molecule is O=[N+]([O-])c1ccc(Br)cc1CNCC1CCS(=O)(=O)C1. The maximum atomic E-state index is 11.3. The van der Waals surface area contributed by atoms with Crippen molar-refractivity contribution in [1.82, 2.24) is 5.32 Å². The van der Waals surface area contributed by atoms with Crippen LogP contribution in [0.1, 0.15) is 12.0 Å². The summed E-state index contributed by atoms with van der Waals surface area (Å²) < 4.78 is 23.5. The van der Waals surface area contributed by atoms with Gasteiger partial charge in [-0.2, -0.15) is 0 Å². The molecule has 1 aromatic carbocycles. The van der Waals surface area contributed by atoms with Gasteiger partial charge in [0.25, 0.3) is 5.69 Å². The van der Waals surface area contributed by atoms with Crippen molar-refractivity contribution in [3.63, 3.8) is 0 Å². The number of sulfone groups is 1. The van der Waals surface area contributed by atoms with E-state index in [1.54, 1.807) is 12.1 Å². The van der Waals surface area contributed by atoms with Crippen LogP contribution < -0.4 is 5.32 Å². The quantitative estimate of drug-likeness (QED) is 0.637. The first-order chi connectivity index (χ1) is 9.37. The smallest absolute Gasteiger partial charge is 0.273 e. The lowest BCUT2D eigenvalue weighted by molar-refractivity contribution is -0.385. The van der Waals surface area contributed by atoms with Crippen LogP contribution in [-0.2, 0) is 16.4 Å². The van der Waals surface area contributed by atoms with Crippen molar-refractivity contribution < 1.29 is 13.3 Å². The summed E-state index contributed by atoms with van der Waals surface area (Å²) in [4.78, 5) is 10.5. The molecular weight excluding hydrogens is 348 g/mol. The van der Waals surface area contributed by atoms with Gasteiger partial charge >= 0.3 is 0 Å². The molecule has 1 fully saturated rings. The third-order valence-corrected chi connectivity index (χ3v) is 5.64. The fraction of sp³-hybridized carbons (Fsp3) is 0.500. The van der Waals surface area contributed by atoms with Crippen LogP contribution in [0, 0.1) is 16.0 Å². The molecule has 20 heavy (non-hydrogen) atoms. The predicted molar refractivity (Wildman–Crippen MR) is 79.3 cm³/mol. The Morgan fingerprint density at radius 2 is 2.20 bits per heavy atom. The number of hydrogen-bond acceptors (Lipinski definition) is 5. The summed E-state index contributed by atoms with van der Waals surface area (Å²) in [6.07, 6.45) is 0.663. The summed E-state index contributed by atoms with van der Waals surface area (Å²) in [7, 11) is -2.87. The number of halogens is 1. The van der Waals surface area contributed by atoms with Gasteiger partial charge in [-0.1, -0.05) is 15.9 Å². The fourth-order valence-electron chi connectivity index (χ4n) is 2.32. The number of benzene rings is 1. The molecular formula is C12H15BrN2O4S. The normalized spacial score (nSPS) is 20.9. The molecule has 0 aromatic heterocycles. The zero-order valence-corrected chi connectivity index (χ0v) is 13.1. The van der Waals surface area contributed by atoms with Gasteiger partial charge in [-0.05, 0) is 31.0 Å². The van der Waals surface area contributed by atoms with Crippen LogP contribution in [0.4, 0.5) is 5.69 Å². The molecule has 1 aliphatic heterocycles. The highest BCUT2D eigenvalue weighted by molar-refractivity contribution is 9.10. The summed E-state index contributed by atoms with van der Waals surface area (Å²) >= 11 is 3.29. The highest BCUT2D eigenvalue weighted by Crippen LogP contribution is 2.23. The number of rotatable bonds is 5. The second-order valence-corrected chi connectivity index (χ2v) is 8.07. The third kappa shape index (κ3) is 4.00. The van der Waals surface area contributed by atoms with Crippen LogP contribution in [0.3, 0.4) is 0 Å². The molecule has 0 radical (unpaired) electrons. The number of nitro groups is 1. The van der Waals surface area contributed by atoms with Crippen LogP contribution in [0.2, 0.25) is 0 Å². The van der Waals surface area contributed by atoms with E-state index in [0.29, 0.717) is 25.1 Å². The Balaban J connectivity index is 1.94. The van der Waals surface area contributed by atoms with E-state index in [1.165, 1.54) is 6.07 Å². The number of hydrogen-bond donors (Lipinski definition) is 1. The second-order valence-electron chi connectivity index (χ2n) is 4.93. The molecule has 0 amide bonds. The van der Waals surface area contributed by atoms with E-state index >= 15 is 0 Å². The molecule has 1 atom stereocenters. The zero-order chi connectivity index (χ0) is 14.8. The van der Waals surface area contributed by atoms with Crippen molar-refractivity contribution in [3.05, 3.63) is 38.3 Å². The lowest BCUT2D eigenvalue weighted by atomic mass is 10.1. The zero-order valence-electron chi connectivity index (χ0n) is 10.7. The van der Waals surface area contributed by atoms with Gasteiger partial charge in [0.2, 0.25) is 0 Å². The standard InChI is InChI=1S/C12H15BrN2O4S/c13-11-1-2-12(15(16)17)10(5-11)7-14-6-9-3-4-20(18,19)8-9/h1-2,5,9,14H,3-4,6-8H2. The van der Waals surface area contributed by atoms with Gasteiger partial charge in [0.1, 0.15) is 0 Å². The summed E-state index contributed by atoms with van der Waals surface area (Å²) in [5.74, 6) is 0.558. The van der Waals surface area contributed by atoms with E-state index < -0.39 is 14.8 Å². The summed E-state index contributed by atoms with van der Waals surface area (Å²) in [6, 6.07) is 4.79. The first-order valence-electron chi connectivity index (χ1n) is 6.21. The van der Waals surface area contributed by atoms with Crippen molar-refractivity contribution in [2.45, 2.75) is 13.0 Å². The van der Waals surface area contributed by atoms with Gasteiger partial charge in [-0.25, -0.2) is 8.42 Å². The summed E-state index contributed by atoms with van der Waals surface area (Å²) in [5.41, 5.74) is 0.657. The molecule has 0 aliphatic carbocycles. The van der Waals surface area contributed by atoms with Gasteiger partial charge in [0.15, 0.2) is 9.84 Å². The topological polar surface area (TPSA) is 89.3 Å². The lowest BCUT2D eigenvalue weighted by Gasteiger charge is -2.10. The van der Waals surface area contributed by atoms with Gasteiger partial charge in [0, 0.05) is 22.6 Å². The van der Waals surface area contributed by atoms with Crippen molar-refractivity contribution >= 4 is 31.5 Å². The fourth-order valence-corrected chi connectivity index (χ4v) is 4.59. The molecule has 2 rings (SSSR count). The minimum atomic E-state index is -2.87. The molecule has 1 saturated heterocycles. The average Bonchev–Trinajstić information content (AvgIpc) is 2.68. The molecule has 110 valence electrons. The lowest BCUT2D eigenvalue weighted by Crippen LogP contribution is -2.23. The van der Waals surface area contributed by atoms with Crippen LogP contribution in [0.5, 0.6) is 0 Å². The minimum Gasteiger partial charge on any atom is -0.312 e. The molecule has 1 unspecified atom stereocenters. The van der Waals surface area contributed by atoms with Crippen LogP contribution in [-0.4, -0.2) is 31.4 Å². The van der Waals surface area contributed by atoms with Gasteiger partial charge in [-0.15, -0.1) is 0 Å². The van der Waals surface area contributed by atoms with E-state index in [9.17, 15) is 18.5 Å². The molecule has 6 nitrogen and oxygen atoms in total. The Bertz CT molecular complexity index is 618. The minimum absolute atomic E-state index is 0.0692. The summed E-state index contributed by atoms with van der Waals surface area (Å²) in [6.45, 7) is 0.912. The maximum absolute atomic E-state index is 11.3. The van der Waals surface area contributed by atoms with E-state index in [2.05, 4.69) is 21.2 Å². The third-order valence-electron chi connectivity index (χ3n) is 3.31. The Morgan fingerprint density at radius 1 is 1.45 bits per heavy atom. The molecule has 1 aromatic rings. The molecule has 0 saturated carbocycles. The number of nitrogens with zero attached hydrogens (tertiary/aromatic N) is 1. The first-order valence-corrected chi connectivity index (χ1v) is 8.83. The van der Waals surface area contributed by atoms with E-state index in [0.717, 1.165) is 4.47 Å². The molecule has 8 heteroatoms. The molecule has 1 heterocycles. The van der Waals surface area contributed by atoms with Crippen LogP contribution in [0.15, 0.2) is 22.7 Å². The van der Waals surface area contributed by atoms with E-state index in [1.807, 2.05) is 0 Å². The molecule has 0 bridgehead atoms. The van der Waals surface area contributed by atoms with Gasteiger partial charge in [-0.3, -0.25) is 10.1 Å². The molecule has 1 N–H and O–H groups in total. The number of nitro benzene ring substituents is 1. The Morgan fingerprint density at radius 3 is 2.80 bits per heavy atom. The monoisotopic (exact) mass is 362 g/mol. The predicted octanol–water partition coefficient (Wildman–Crippen LogP) is 1.88. The average molecular weight is 363 g/mol. The van der Waals surface area contributed by atoms with Gasteiger partial charge in [0.05, 0.1) is 16.4 Å². The van der Waals surface area contributed by atoms with Gasteiger partial charge < -0.3 is 5.32 Å². The number of nitrogens with one attached hydrogen (secondary N) is 1. The van der Waals surface area contributed by atoms with Crippen molar-refractivity contribution in [3.8, 4) is 0 Å². The highest BCUT2D eigenvalue weighted by atomic mass is 79.9. The Kier molecular flexibility index (Phi) is 4.77. The van der Waals surface area contributed by atoms with Crippen LogP contribution >= 0.6 is 15.9 Å². The largest absolute Gasteiger partial charge is 0.312 e. The first kappa shape index (κ1) is 15.4. The van der Waals surface area contributed by atoms with Crippen molar-refractivity contribution in [2.24, 2.45) is 5.92 Å². The second kappa shape index (κ2) is 6.19. The van der Waals surface area contributed by atoms with Crippen molar-refractivity contribution in [2.75, 3.05) is 18.1 Å². The summed E-state index contributed by atoms with van der Waals surface area (Å²) in [5, 5.41) is 14.0. The van der Waals surface area contributed by atoms with E-state index in [4.69, 9.17) is 0 Å². The van der Waals surface area contributed by atoms with Crippen molar-refractivity contribution in [1.29, 1.82) is 0 Å². The molecule has 1 aliphatic rings. The maximum Gasteiger partial charge on any atom is 0.273 e. The Hall–Kier alpha value is -0.990.